The fraction of sp³-hybridized carbons (Fsp3) is 0.182. The van der Waals surface area contributed by atoms with Crippen molar-refractivity contribution < 1.29 is 23.6 Å². The highest BCUT2D eigenvalue weighted by atomic mass is 16.5. The van der Waals surface area contributed by atoms with Gasteiger partial charge in [-0.25, -0.2) is 4.79 Å². The second-order valence-electron chi connectivity index (χ2n) is 6.56. The number of carbonyl (C=O) groups is 3. The topological polar surface area (TPSA) is 111 Å². The molecular weight excluding hydrogens is 386 g/mol. The number of nitrogens with one attached hydrogen (secondary N) is 2. The standard InChI is InChI=1S/C22H21N3O5/c1-15-12-19(25-30-15)24-20(26)14-29-22(28)18(13-16-8-4-2-5-9-16)23-21(27)17-10-6-3-7-11-17/h2-12,18H,13-14H2,1H3,(H,23,27)(H,24,25,26). The summed E-state index contributed by atoms with van der Waals surface area (Å²) in [7, 11) is 0. The highest BCUT2D eigenvalue weighted by Gasteiger charge is 2.24. The van der Waals surface area contributed by atoms with E-state index in [1.165, 1.54) is 6.07 Å². The quantitative estimate of drug-likeness (QED) is 0.555. The van der Waals surface area contributed by atoms with Crippen LogP contribution in [-0.2, 0) is 20.7 Å². The minimum absolute atomic E-state index is 0.225. The number of ether oxygens (including phenoxy) is 1. The molecule has 8 nitrogen and oxygen atoms in total. The molecule has 0 bridgehead atoms. The van der Waals surface area contributed by atoms with E-state index in [0.717, 1.165) is 5.56 Å². The Balaban J connectivity index is 1.63. The molecule has 0 aliphatic heterocycles. The van der Waals surface area contributed by atoms with Gasteiger partial charge in [0, 0.05) is 18.1 Å². The maximum Gasteiger partial charge on any atom is 0.329 e. The average Bonchev–Trinajstić information content (AvgIpc) is 3.17. The third kappa shape index (κ3) is 6.03. The number of rotatable bonds is 8. The van der Waals surface area contributed by atoms with Crippen LogP contribution in [0.25, 0.3) is 0 Å². The van der Waals surface area contributed by atoms with Gasteiger partial charge in [0.1, 0.15) is 11.8 Å². The largest absolute Gasteiger partial charge is 0.454 e. The Morgan fingerprint density at radius 1 is 1.03 bits per heavy atom. The first-order valence-electron chi connectivity index (χ1n) is 9.31. The van der Waals surface area contributed by atoms with Gasteiger partial charge in [-0.15, -0.1) is 0 Å². The number of aryl methyl sites for hydroxylation is 1. The van der Waals surface area contributed by atoms with Crippen molar-refractivity contribution in [2.75, 3.05) is 11.9 Å². The van der Waals surface area contributed by atoms with Crippen molar-refractivity contribution >= 4 is 23.6 Å². The first-order valence-corrected chi connectivity index (χ1v) is 9.31. The summed E-state index contributed by atoms with van der Waals surface area (Å²) in [5, 5.41) is 8.79. The molecule has 0 fully saturated rings. The number of carbonyl (C=O) groups excluding carboxylic acids is 3. The predicted molar refractivity (Wildman–Crippen MR) is 109 cm³/mol. The normalized spacial score (nSPS) is 11.4. The number of amides is 2. The Hall–Kier alpha value is -3.94. The van der Waals surface area contributed by atoms with Crippen LogP contribution in [0.15, 0.2) is 71.3 Å². The van der Waals surface area contributed by atoms with Crippen molar-refractivity contribution in [2.45, 2.75) is 19.4 Å². The summed E-state index contributed by atoms with van der Waals surface area (Å²) in [5.41, 5.74) is 1.26. The summed E-state index contributed by atoms with van der Waals surface area (Å²) in [5.74, 6) is -0.921. The zero-order chi connectivity index (χ0) is 21.3. The van der Waals surface area contributed by atoms with Crippen molar-refractivity contribution in [1.82, 2.24) is 10.5 Å². The van der Waals surface area contributed by atoms with E-state index in [0.29, 0.717) is 11.3 Å². The van der Waals surface area contributed by atoms with Gasteiger partial charge in [-0.2, -0.15) is 0 Å². The fourth-order valence-electron chi connectivity index (χ4n) is 2.72. The van der Waals surface area contributed by atoms with Crippen LogP contribution < -0.4 is 10.6 Å². The van der Waals surface area contributed by atoms with E-state index in [2.05, 4.69) is 15.8 Å². The van der Waals surface area contributed by atoms with Gasteiger partial charge in [0.25, 0.3) is 11.8 Å². The summed E-state index contributed by atoms with van der Waals surface area (Å²) in [6.07, 6.45) is 0.225. The van der Waals surface area contributed by atoms with Gasteiger partial charge in [-0.05, 0) is 24.6 Å². The van der Waals surface area contributed by atoms with E-state index in [1.807, 2.05) is 30.3 Å². The summed E-state index contributed by atoms with van der Waals surface area (Å²) in [4.78, 5) is 37.1. The molecule has 8 heteroatoms. The van der Waals surface area contributed by atoms with E-state index in [9.17, 15) is 14.4 Å². The molecule has 0 aliphatic carbocycles. The molecule has 0 aliphatic rings. The number of nitrogens with zero attached hydrogens (tertiary/aromatic N) is 1. The van der Waals surface area contributed by atoms with Gasteiger partial charge in [0.15, 0.2) is 12.4 Å². The van der Waals surface area contributed by atoms with Crippen LogP contribution >= 0.6 is 0 Å². The van der Waals surface area contributed by atoms with Gasteiger partial charge >= 0.3 is 5.97 Å². The monoisotopic (exact) mass is 407 g/mol. The molecule has 2 N–H and O–H groups in total. The molecule has 154 valence electrons. The summed E-state index contributed by atoms with van der Waals surface area (Å²) < 4.78 is 9.99. The minimum atomic E-state index is -0.956. The Morgan fingerprint density at radius 3 is 2.33 bits per heavy atom. The summed E-state index contributed by atoms with van der Waals surface area (Å²) in [6.45, 7) is 1.17. The number of anilines is 1. The van der Waals surface area contributed by atoms with Gasteiger partial charge < -0.3 is 19.9 Å². The lowest BCUT2D eigenvalue weighted by Gasteiger charge is -2.18. The van der Waals surface area contributed by atoms with E-state index in [4.69, 9.17) is 9.26 Å². The van der Waals surface area contributed by atoms with Crippen LogP contribution in [-0.4, -0.2) is 35.6 Å². The molecule has 1 unspecified atom stereocenters. The first-order chi connectivity index (χ1) is 14.5. The Morgan fingerprint density at radius 2 is 1.70 bits per heavy atom. The molecule has 0 saturated carbocycles. The lowest BCUT2D eigenvalue weighted by molar-refractivity contribution is -0.149. The molecule has 1 heterocycles. The van der Waals surface area contributed by atoms with E-state index in [1.54, 1.807) is 37.3 Å². The Bertz CT molecular complexity index is 1000. The molecule has 3 rings (SSSR count). The second kappa shape index (κ2) is 10.0. The number of benzene rings is 2. The zero-order valence-corrected chi connectivity index (χ0v) is 16.3. The number of esters is 1. The first kappa shape index (κ1) is 20.8. The van der Waals surface area contributed by atoms with E-state index < -0.39 is 30.4 Å². The maximum absolute atomic E-state index is 12.6. The molecule has 30 heavy (non-hydrogen) atoms. The van der Waals surface area contributed by atoms with Crippen LogP contribution in [0.1, 0.15) is 21.7 Å². The molecule has 0 spiro atoms. The smallest absolute Gasteiger partial charge is 0.329 e. The number of hydrogen-bond donors (Lipinski definition) is 2. The molecule has 3 aromatic rings. The Labute approximate surface area is 173 Å². The molecule has 2 aromatic carbocycles. The van der Waals surface area contributed by atoms with E-state index in [-0.39, 0.29) is 12.2 Å². The molecule has 2 amide bonds. The van der Waals surface area contributed by atoms with E-state index >= 15 is 0 Å². The lowest BCUT2D eigenvalue weighted by atomic mass is 10.1. The number of hydrogen-bond acceptors (Lipinski definition) is 6. The van der Waals surface area contributed by atoms with Crippen LogP contribution in [0, 0.1) is 6.92 Å². The molecular formula is C22H21N3O5. The third-order valence-corrected chi connectivity index (χ3v) is 4.15. The van der Waals surface area contributed by atoms with Gasteiger partial charge in [-0.3, -0.25) is 9.59 Å². The third-order valence-electron chi connectivity index (χ3n) is 4.15. The maximum atomic E-state index is 12.6. The molecule has 1 atom stereocenters. The fourth-order valence-corrected chi connectivity index (χ4v) is 2.72. The second-order valence-corrected chi connectivity index (χ2v) is 6.56. The molecule has 1 aromatic heterocycles. The highest BCUT2D eigenvalue weighted by Crippen LogP contribution is 2.08. The molecule has 0 saturated heterocycles. The Kier molecular flexibility index (Phi) is 6.94. The van der Waals surface area contributed by atoms with Gasteiger partial charge in [-0.1, -0.05) is 53.7 Å². The zero-order valence-electron chi connectivity index (χ0n) is 16.3. The average molecular weight is 407 g/mol. The van der Waals surface area contributed by atoms with Crippen molar-refractivity contribution in [2.24, 2.45) is 0 Å². The molecule has 0 radical (unpaired) electrons. The predicted octanol–water partition coefficient (Wildman–Crippen LogP) is 2.51. The highest BCUT2D eigenvalue weighted by molar-refractivity contribution is 5.97. The van der Waals surface area contributed by atoms with Gasteiger partial charge in [0.2, 0.25) is 0 Å². The van der Waals surface area contributed by atoms with Crippen molar-refractivity contribution in [3.63, 3.8) is 0 Å². The minimum Gasteiger partial charge on any atom is -0.454 e. The van der Waals surface area contributed by atoms with Crippen molar-refractivity contribution in [3.05, 3.63) is 83.6 Å². The summed E-state index contributed by atoms with van der Waals surface area (Å²) >= 11 is 0. The summed E-state index contributed by atoms with van der Waals surface area (Å²) in [6, 6.07) is 18.3. The van der Waals surface area contributed by atoms with Crippen LogP contribution in [0.4, 0.5) is 5.82 Å². The van der Waals surface area contributed by atoms with Crippen molar-refractivity contribution in [1.29, 1.82) is 0 Å². The SMILES string of the molecule is Cc1cc(NC(=O)COC(=O)C(Cc2ccccc2)NC(=O)c2ccccc2)no1. The van der Waals surface area contributed by atoms with Crippen LogP contribution in [0.2, 0.25) is 0 Å². The number of aromatic nitrogens is 1. The lowest BCUT2D eigenvalue weighted by Crippen LogP contribution is -2.44. The van der Waals surface area contributed by atoms with Gasteiger partial charge in [0.05, 0.1) is 0 Å². The van der Waals surface area contributed by atoms with Crippen LogP contribution in [0.5, 0.6) is 0 Å². The van der Waals surface area contributed by atoms with Crippen LogP contribution in [0.3, 0.4) is 0 Å². The van der Waals surface area contributed by atoms with Crippen molar-refractivity contribution in [3.8, 4) is 0 Å².